The van der Waals surface area contributed by atoms with Gasteiger partial charge in [0.2, 0.25) is 5.91 Å². The van der Waals surface area contributed by atoms with E-state index in [1.165, 1.54) is 30.5 Å². The molecule has 8 nitrogen and oxygen atoms in total. The number of carbonyl (C=O) groups excluding carboxylic acids is 2. The van der Waals surface area contributed by atoms with Gasteiger partial charge in [0, 0.05) is 23.8 Å². The highest BCUT2D eigenvalue weighted by atomic mass is 35.5. The molecule has 178 valence electrons. The molecule has 10 heteroatoms. The Morgan fingerprint density at radius 3 is 2.79 bits per heavy atom. The maximum absolute atomic E-state index is 13.0. The summed E-state index contributed by atoms with van der Waals surface area (Å²) in [6.45, 7) is 2.45. The van der Waals surface area contributed by atoms with E-state index in [4.69, 9.17) is 11.6 Å². The van der Waals surface area contributed by atoms with Gasteiger partial charge in [-0.3, -0.25) is 14.6 Å². The molecule has 1 aliphatic rings. The predicted octanol–water partition coefficient (Wildman–Crippen LogP) is 4.82. The van der Waals surface area contributed by atoms with Crippen molar-refractivity contribution in [1.29, 1.82) is 0 Å². The Morgan fingerprint density at radius 2 is 2.03 bits per heavy atom. The molecule has 1 aliphatic carbocycles. The van der Waals surface area contributed by atoms with Gasteiger partial charge in [-0.15, -0.1) is 11.3 Å². The van der Waals surface area contributed by atoms with Crippen molar-refractivity contribution in [2.75, 3.05) is 10.6 Å². The summed E-state index contributed by atoms with van der Waals surface area (Å²) in [4.78, 5) is 39.7. The minimum absolute atomic E-state index is 0.252. The van der Waals surface area contributed by atoms with Gasteiger partial charge in [0.15, 0.2) is 0 Å². The molecule has 3 heterocycles. The second-order valence-corrected chi connectivity index (χ2v) is 10.0. The highest BCUT2D eigenvalue weighted by Crippen LogP contribution is 2.29. The molecule has 3 aromatic rings. The standard InChI is InChI=1S/C24H27ClN6O2S/c1-15-19(11-17(25)12-27-15)28-13-18-6-7-21(34-18)24(33)30-20(10-16-4-2-3-5-16)23(32)31-22-8-9-26-14-29-22/h6-9,11-12,14,16,20,28H,2-5,10,13H2,1H3,(H,30,33)(H,26,29,31,32)/t20-/m0/s1. The van der Waals surface area contributed by atoms with Crippen molar-refractivity contribution in [3.63, 3.8) is 0 Å². The fourth-order valence-electron chi connectivity index (χ4n) is 4.08. The average Bonchev–Trinajstić information content (AvgIpc) is 3.52. The Morgan fingerprint density at radius 1 is 1.21 bits per heavy atom. The number of aryl methyl sites for hydroxylation is 1. The summed E-state index contributed by atoms with van der Waals surface area (Å²) >= 11 is 7.43. The van der Waals surface area contributed by atoms with Crippen LogP contribution in [0.1, 0.15) is 52.3 Å². The van der Waals surface area contributed by atoms with E-state index in [9.17, 15) is 9.59 Å². The zero-order chi connectivity index (χ0) is 23.9. The normalized spacial score (nSPS) is 14.5. The van der Waals surface area contributed by atoms with Crippen LogP contribution in [0.5, 0.6) is 0 Å². The average molecular weight is 499 g/mol. The van der Waals surface area contributed by atoms with Crippen molar-refractivity contribution >= 4 is 46.3 Å². The van der Waals surface area contributed by atoms with E-state index in [-0.39, 0.29) is 11.8 Å². The molecule has 3 aromatic heterocycles. The van der Waals surface area contributed by atoms with Crippen molar-refractivity contribution in [2.45, 2.75) is 51.6 Å². The van der Waals surface area contributed by atoms with E-state index >= 15 is 0 Å². The lowest BCUT2D eigenvalue weighted by molar-refractivity contribution is -0.118. The second kappa shape index (κ2) is 11.4. The molecule has 0 unspecified atom stereocenters. The molecular weight excluding hydrogens is 472 g/mol. The van der Waals surface area contributed by atoms with Gasteiger partial charge in [-0.25, -0.2) is 9.97 Å². The fourth-order valence-corrected chi connectivity index (χ4v) is 5.09. The SMILES string of the molecule is Cc1ncc(Cl)cc1NCc1ccc(C(=O)N[C@@H](CC2CCCC2)C(=O)Nc2ccncn2)s1. The molecule has 3 N–H and O–H groups in total. The summed E-state index contributed by atoms with van der Waals surface area (Å²) in [6.07, 6.45) is 9.67. The topological polar surface area (TPSA) is 109 Å². The molecule has 4 rings (SSSR count). The Kier molecular flexibility index (Phi) is 8.08. The number of anilines is 2. The van der Waals surface area contributed by atoms with Crippen LogP contribution in [0, 0.1) is 12.8 Å². The predicted molar refractivity (Wildman–Crippen MR) is 134 cm³/mol. The van der Waals surface area contributed by atoms with Gasteiger partial charge in [0.25, 0.3) is 5.91 Å². The van der Waals surface area contributed by atoms with Crippen LogP contribution in [0.25, 0.3) is 0 Å². The number of thiophene rings is 1. The molecule has 1 fully saturated rings. The first kappa shape index (κ1) is 24.1. The first-order chi connectivity index (χ1) is 16.5. The summed E-state index contributed by atoms with van der Waals surface area (Å²) in [5, 5.41) is 9.63. The van der Waals surface area contributed by atoms with Gasteiger partial charge >= 0.3 is 0 Å². The largest absolute Gasteiger partial charge is 0.379 e. The fraction of sp³-hybridized carbons (Fsp3) is 0.375. The zero-order valence-corrected chi connectivity index (χ0v) is 20.5. The van der Waals surface area contributed by atoms with Crippen molar-refractivity contribution in [3.8, 4) is 0 Å². The van der Waals surface area contributed by atoms with Crippen LogP contribution < -0.4 is 16.0 Å². The first-order valence-electron chi connectivity index (χ1n) is 11.3. The molecule has 0 bridgehead atoms. The van der Waals surface area contributed by atoms with E-state index in [0.717, 1.165) is 29.1 Å². The van der Waals surface area contributed by atoms with E-state index in [1.807, 2.05) is 19.1 Å². The van der Waals surface area contributed by atoms with Crippen LogP contribution in [0.4, 0.5) is 11.5 Å². The Bertz CT molecular complexity index is 1130. The minimum Gasteiger partial charge on any atom is -0.379 e. The highest BCUT2D eigenvalue weighted by molar-refractivity contribution is 7.14. The Balaban J connectivity index is 1.39. The zero-order valence-electron chi connectivity index (χ0n) is 18.9. The molecule has 0 saturated heterocycles. The molecule has 0 aromatic carbocycles. The number of nitrogens with one attached hydrogen (secondary N) is 3. The van der Waals surface area contributed by atoms with Crippen LogP contribution in [0.3, 0.4) is 0 Å². The lowest BCUT2D eigenvalue weighted by atomic mass is 9.97. The number of rotatable bonds is 9. The van der Waals surface area contributed by atoms with Gasteiger partial charge in [0.05, 0.1) is 21.3 Å². The lowest BCUT2D eigenvalue weighted by Gasteiger charge is -2.21. The molecule has 2 amide bonds. The number of hydrogen-bond acceptors (Lipinski definition) is 7. The van der Waals surface area contributed by atoms with E-state index < -0.39 is 6.04 Å². The third-order valence-corrected chi connectivity index (χ3v) is 7.18. The highest BCUT2D eigenvalue weighted by Gasteiger charge is 2.27. The van der Waals surface area contributed by atoms with Crippen molar-refractivity contribution in [2.24, 2.45) is 5.92 Å². The lowest BCUT2D eigenvalue weighted by Crippen LogP contribution is -2.44. The number of aromatic nitrogens is 3. The van der Waals surface area contributed by atoms with Gasteiger partial charge in [-0.2, -0.15) is 0 Å². The summed E-state index contributed by atoms with van der Waals surface area (Å²) in [5.74, 6) is 0.332. The van der Waals surface area contributed by atoms with Crippen molar-refractivity contribution < 1.29 is 9.59 Å². The molecule has 1 saturated carbocycles. The van der Waals surface area contributed by atoms with Crippen LogP contribution in [0.2, 0.25) is 5.02 Å². The molecule has 0 radical (unpaired) electrons. The summed E-state index contributed by atoms with van der Waals surface area (Å²) in [6, 6.07) is 6.52. The van der Waals surface area contributed by atoms with Crippen LogP contribution >= 0.6 is 22.9 Å². The smallest absolute Gasteiger partial charge is 0.262 e. The molecular formula is C24H27ClN6O2S. The van der Waals surface area contributed by atoms with Crippen molar-refractivity contribution in [3.05, 3.63) is 63.5 Å². The Labute approximate surface area is 207 Å². The third kappa shape index (κ3) is 6.51. The number of amides is 2. The molecule has 34 heavy (non-hydrogen) atoms. The monoisotopic (exact) mass is 498 g/mol. The quantitative estimate of drug-likeness (QED) is 0.390. The third-order valence-electron chi connectivity index (χ3n) is 5.89. The van der Waals surface area contributed by atoms with Crippen LogP contribution in [0.15, 0.2) is 43.0 Å². The number of hydrogen-bond donors (Lipinski definition) is 3. The van der Waals surface area contributed by atoms with E-state index in [0.29, 0.717) is 34.6 Å². The van der Waals surface area contributed by atoms with Crippen molar-refractivity contribution in [1.82, 2.24) is 20.3 Å². The maximum Gasteiger partial charge on any atom is 0.262 e. The van der Waals surface area contributed by atoms with E-state index in [2.05, 4.69) is 30.9 Å². The van der Waals surface area contributed by atoms with Crippen LogP contribution in [-0.2, 0) is 11.3 Å². The summed E-state index contributed by atoms with van der Waals surface area (Å²) < 4.78 is 0. The van der Waals surface area contributed by atoms with Gasteiger partial charge < -0.3 is 16.0 Å². The minimum atomic E-state index is -0.630. The summed E-state index contributed by atoms with van der Waals surface area (Å²) in [5.41, 5.74) is 1.70. The van der Waals surface area contributed by atoms with Gasteiger partial charge in [-0.05, 0) is 43.5 Å². The number of carbonyl (C=O) groups is 2. The van der Waals surface area contributed by atoms with Gasteiger partial charge in [-0.1, -0.05) is 37.3 Å². The molecule has 0 spiro atoms. The van der Waals surface area contributed by atoms with E-state index in [1.54, 1.807) is 24.5 Å². The molecule has 1 atom stereocenters. The second-order valence-electron chi connectivity index (χ2n) is 8.40. The number of halogens is 1. The first-order valence-corrected chi connectivity index (χ1v) is 12.5. The molecule has 0 aliphatic heterocycles. The summed E-state index contributed by atoms with van der Waals surface area (Å²) in [7, 11) is 0. The maximum atomic E-state index is 13.0. The number of nitrogens with zero attached hydrogens (tertiary/aromatic N) is 3. The Hall–Kier alpha value is -3.04. The van der Waals surface area contributed by atoms with Crippen LogP contribution in [-0.4, -0.2) is 32.8 Å². The number of pyridine rings is 1. The van der Waals surface area contributed by atoms with Gasteiger partial charge in [0.1, 0.15) is 18.2 Å².